The van der Waals surface area contributed by atoms with Crippen LogP contribution in [0.2, 0.25) is 0 Å². The van der Waals surface area contributed by atoms with Crippen molar-refractivity contribution in [1.29, 1.82) is 0 Å². The van der Waals surface area contributed by atoms with E-state index in [4.69, 9.17) is 4.74 Å². The third-order valence-corrected chi connectivity index (χ3v) is 6.46. The number of carbonyl (C=O) groups is 1. The first-order valence-corrected chi connectivity index (χ1v) is 11.8. The molecular weight excluding hydrogens is 424 g/mol. The van der Waals surface area contributed by atoms with Crippen LogP contribution in [0.15, 0.2) is 65.6 Å². The molecule has 0 aliphatic rings. The summed E-state index contributed by atoms with van der Waals surface area (Å²) in [6.07, 6.45) is 0. The first-order valence-electron chi connectivity index (χ1n) is 10.3. The highest BCUT2D eigenvalue weighted by atomic mass is 32.2. The lowest BCUT2D eigenvalue weighted by Crippen LogP contribution is -2.23. The van der Waals surface area contributed by atoms with Crippen molar-refractivity contribution < 1.29 is 17.9 Å². The van der Waals surface area contributed by atoms with Gasteiger partial charge >= 0.3 is 0 Å². The molecule has 0 heterocycles. The molecule has 0 spiro atoms. The Hall–Kier alpha value is -3.16. The summed E-state index contributed by atoms with van der Waals surface area (Å²) in [5.74, 6) is 0.181. The maximum Gasteiger partial charge on any atom is 0.262 e. The predicted molar refractivity (Wildman–Crippen MR) is 126 cm³/mol. The third kappa shape index (κ3) is 5.96. The largest absolute Gasteiger partial charge is 0.483 e. The van der Waals surface area contributed by atoms with E-state index in [1.54, 1.807) is 13.0 Å². The molecule has 6 nitrogen and oxygen atoms in total. The highest BCUT2D eigenvalue weighted by Crippen LogP contribution is 2.24. The summed E-state index contributed by atoms with van der Waals surface area (Å²) in [5, 5.41) is 2.89. The molecule has 0 aromatic heterocycles. The Kier molecular flexibility index (Phi) is 7.33. The summed E-state index contributed by atoms with van der Waals surface area (Å²) in [6, 6.07) is 17.9. The summed E-state index contributed by atoms with van der Waals surface area (Å²) in [7, 11) is -3.67. The van der Waals surface area contributed by atoms with Crippen molar-refractivity contribution in [3.63, 3.8) is 0 Å². The Morgan fingerprint density at radius 2 is 1.53 bits per heavy atom. The molecule has 0 aliphatic heterocycles. The average Bonchev–Trinajstić information content (AvgIpc) is 2.74. The van der Waals surface area contributed by atoms with Gasteiger partial charge in [0.05, 0.1) is 4.90 Å². The number of anilines is 1. The number of ether oxygens (including phenoxy) is 1. The van der Waals surface area contributed by atoms with Gasteiger partial charge in [-0.25, -0.2) is 13.1 Å². The van der Waals surface area contributed by atoms with Crippen molar-refractivity contribution >= 4 is 21.6 Å². The Labute approximate surface area is 189 Å². The van der Waals surface area contributed by atoms with Crippen LogP contribution < -0.4 is 14.8 Å². The zero-order valence-corrected chi connectivity index (χ0v) is 19.5. The van der Waals surface area contributed by atoms with Gasteiger partial charge in [0.2, 0.25) is 10.0 Å². The van der Waals surface area contributed by atoms with Gasteiger partial charge in [-0.2, -0.15) is 0 Å². The fraction of sp³-hybridized carbons (Fsp3) is 0.240. The molecule has 0 unspecified atom stereocenters. The van der Waals surface area contributed by atoms with Crippen LogP contribution in [-0.2, 0) is 21.4 Å². The second-order valence-corrected chi connectivity index (χ2v) is 9.61. The first kappa shape index (κ1) is 23.5. The second-order valence-electron chi connectivity index (χ2n) is 7.85. The molecule has 0 saturated heterocycles. The van der Waals surface area contributed by atoms with Gasteiger partial charge in [-0.15, -0.1) is 0 Å². The molecule has 1 amide bonds. The van der Waals surface area contributed by atoms with Crippen molar-refractivity contribution in [2.75, 3.05) is 11.9 Å². The van der Waals surface area contributed by atoms with Gasteiger partial charge in [-0.3, -0.25) is 4.79 Å². The standard InChI is InChI=1S/C25H28N2O4S/c1-17-12-19(3)25(20(4)13-17)27-24(28)16-31-23-11-10-22(14-18(23)2)32(29,30)26-15-21-8-6-5-7-9-21/h5-14,26H,15-16H2,1-4H3,(H,27,28). The van der Waals surface area contributed by atoms with E-state index in [2.05, 4.69) is 10.0 Å². The SMILES string of the molecule is Cc1cc(C)c(NC(=O)COc2ccc(S(=O)(=O)NCc3ccccc3)cc2C)c(C)c1. The summed E-state index contributed by atoms with van der Waals surface area (Å²) in [5.41, 5.74) is 5.40. The number of nitrogens with one attached hydrogen (secondary N) is 2. The number of aryl methyl sites for hydroxylation is 4. The predicted octanol–water partition coefficient (Wildman–Crippen LogP) is 4.42. The maximum atomic E-state index is 12.6. The lowest BCUT2D eigenvalue weighted by atomic mass is 10.1. The Morgan fingerprint density at radius 3 is 2.16 bits per heavy atom. The van der Waals surface area contributed by atoms with Gasteiger partial charge in [-0.05, 0) is 68.1 Å². The summed E-state index contributed by atoms with van der Waals surface area (Å²) < 4.78 is 33.5. The lowest BCUT2D eigenvalue weighted by molar-refractivity contribution is -0.118. The van der Waals surface area contributed by atoms with Crippen molar-refractivity contribution in [2.45, 2.75) is 39.1 Å². The minimum absolute atomic E-state index is 0.147. The number of hydrogen-bond donors (Lipinski definition) is 2. The van der Waals surface area contributed by atoms with Crippen molar-refractivity contribution in [3.8, 4) is 5.75 Å². The molecule has 3 aromatic rings. The maximum absolute atomic E-state index is 12.6. The monoisotopic (exact) mass is 452 g/mol. The Bertz CT molecular complexity index is 1200. The quantitative estimate of drug-likeness (QED) is 0.530. The number of benzene rings is 3. The summed E-state index contributed by atoms with van der Waals surface area (Å²) in [4.78, 5) is 12.5. The van der Waals surface area contributed by atoms with Crippen molar-refractivity contribution in [3.05, 3.63) is 88.5 Å². The smallest absolute Gasteiger partial charge is 0.262 e. The number of amides is 1. The normalized spacial score (nSPS) is 11.2. The first-order chi connectivity index (χ1) is 15.2. The minimum atomic E-state index is -3.67. The molecule has 0 aliphatic carbocycles. The highest BCUT2D eigenvalue weighted by Gasteiger charge is 2.16. The Balaban J connectivity index is 1.62. The van der Waals surface area contributed by atoms with Gasteiger partial charge in [-0.1, -0.05) is 48.0 Å². The van der Waals surface area contributed by atoms with E-state index in [0.717, 1.165) is 27.9 Å². The molecule has 3 aromatic carbocycles. The fourth-order valence-electron chi connectivity index (χ4n) is 3.50. The zero-order chi connectivity index (χ0) is 23.3. The van der Waals surface area contributed by atoms with Gasteiger partial charge in [0, 0.05) is 12.2 Å². The van der Waals surface area contributed by atoms with E-state index >= 15 is 0 Å². The number of carbonyl (C=O) groups excluding carboxylic acids is 1. The van der Waals surface area contributed by atoms with E-state index in [1.807, 2.05) is 63.2 Å². The lowest BCUT2D eigenvalue weighted by Gasteiger charge is -2.14. The molecule has 168 valence electrons. The zero-order valence-electron chi connectivity index (χ0n) is 18.7. The second kappa shape index (κ2) is 9.97. The molecule has 0 saturated carbocycles. The molecule has 0 fully saturated rings. The van der Waals surface area contributed by atoms with E-state index < -0.39 is 10.0 Å². The molecule has 2 N–H and O–H groups in total. The number of sulfonamides is 1. The number of hydrogen-bond acceptors (Lipinski definition) is 4. The van der Waals surface area contributed by atoms with Crippen LogP contribution >= 0.6 is 0 Å². The third-order valence-electron chi connectivity index (χ3n) is 5.07. The van der Waals surface area contributed by atoms with Crippen molar-refractivity contribution in [1.82, 2.24) is 4.72 Å². The van der Waals surface area contributed by atoms with Crippen LogP contribution in [0.4, 0.5) is 5.69 Å². The molecule has 3 rings (SSSR count). The van der Waals surface area contributed by atoms with Gasteiger partial charge in [0.1, 0.15) is 5.75 Å². The summed E-state index contributed by atoms with van der Waals surface area (Å²) >= 11 is 0. The van der Waals surface area contributed by atoms with E-state index in [1.165, 1.54) is 12.1 Å². The molecular formula is C25H28N2O4S. The van der Waals surface area contributed by atoms with E-state index in [0.29, 0.717) is 11.3 Å². The molecule has 32 heavy (non-hydrogen) atoms. The van der Waals surface area contributed by atoms with Crippen LogP contribution in [0.5, 0.6) is 5.75 Å². The molecule has 0 bridgehead atoms. The van der Waals surface area contributed by atoms with E-state index in [-0.39, 0.29) is 24.0 Å². The van der Waals surface area contributed by atoms with Crippen LogP contribution in [0.25, 0.3) is 0 Å². The topological polar surface area (TPSA) is 84.5 Å². The average molecular weight is 453 g/mol. The van der Waals surface area contributed by atoms with Gasteiger partial charge < -0.3 is 10.1 Å². The van der Waals surface area contributed by atoms with Crippen LogP contribution in [-0.4, -0.2) is 20.9 Å². The number of rotatable bonds is 8. The van der Waals surface area contributed by atoms with Gasteiger partial charge in [0.15, 0.2) is 6.61 Å². The molecule has 0 atom stereocenters. The molecule has 7 heteroatoms. The van der Waals surface area contributed by atoms with Crippen LogP contribution in [0.3, 0.4) is 0 Å². The minimum Gasteiger partial charge on any atom is -0.483 e. The van der Waals surface area contributed by atoms with Crippen LogP contribution in [0, 0.1) is 27.7 Å². The fourth-order valence-corrected chi connectivity index (χ4v) is 4.61. The van der Waals surface area contributed by atoms with Crippen LogP contribution in [0.1, 0.15) is 27.8 Å². The van der Waals surface area contributed by atoms with Gasteiger partial charge in [0.25, 0.3) is 5.91 Å². The summed E-state index contributed by atoms with van der Waals surface area (Å²) in [6.45, 7) is 7.69. The highest BCUT2D eigenvalue weighted by molar-refractivity contribution is 7.89. The Morgan fingerprint density at radius 1 is 0.875 bits per heavy atom. The molecule has 0 radical (unpaired) electrons. The van der Waals surface area contributed by atoms with Crippen molar-refractivity contribution in [2.24, 2.45) is 0 Å². The van der Waals surface area contributed by atoms with E-state index in [9.17, 15) is 13.2 Å².